The Bertz CT molecular complexity index is 611. The molecule has 0 saturated heterocycles. The van der Waals surface area contributed by atoms with Crippen LogP contribution in [0.15, 0.2) is 6.07 Å². The average molecular weight is 338 g/mol. The standard InChI is InChI=1S/C16H22N2O4S/c1-2-5-9-8-12(13(17)19)15(23-9)18-14(20)10-6-3-4-7-11(10)16(21)22/h8,10-11H,2-7H2,1H3,(H2,17,19)(H,18,20)(H,21,22)/t10-,11-/m0/s1. The van der Waals surface area contributed by atoms with E-state index in [0.717, 1.165) is 30.6 Å². The van der Waals surface area contributed by atoms with Crippen molar-refractivity contribution in [1.82, 2.24) is 0 Å². The van der Waals surface area contributed by atoms with Gasteiger partial charge in [-0.15, -0.1) is 11.3 Å². The second-order valence-corrected chi connectivity index (χ2v) is 7.03. The summed E-state index contributed by atoms with van der Waals surface area (Å²) >= 11 is 1.33. The molecule has 7 heteroatoms. The van der Waals surface area contributed by atoms with Gasteiger partial charge in [-0.1, -0.05) is 26.2 Å². The highest BCUT2D eigenvalue weighted by Gasteiger charge is 2.36. The number of carbonyl (C=O) groups is 3. The van der Waals surface area contributed by atoms with Crippen LogP contribution >= 0.6 is 11.3 Å². The fourth-order valence-electron chi connectivity index (χ4n) is 3.03. The van der Waals surface area contributed by atoms with Crippen LogP contribution in [0, 0.1) is 11.8 Å². The highest BCUT2D eigenvalue weighted by molar-refractivity contribution is 7.16. The Kier molecular flexibility index (Phi) is 5.76. The third-order valence-corrected chi connectivity index (χ3v) is 5.31. The Balaban J connectivity index is 2.18. The highest BCUT2D eigenvalue weighted by Crippen LogP contribution is 2.34. The maximum atomic E-state index is 12.5. The van der Waals surface area contributed by atoms with Crippen LogP contribution in [0.5, 0.6) is 0 Å². The first-order valence-corrected chi connectivity index (χ1v) is 8.71. The van der Waals surface area contributed by atoms with E-state index in [0.29, 0.717) is 23.4 Å². The number of amides is 2. The summed E-state index contributed by atoms with van der Waals surface area (Å²) in [5.41, 5.74) is 5.68. The van der Waals surface area contributed by atoms with Crippen molar-refractivity contribution in [3.8, 4) is 0 Å². The van der Waals surface area contributed by atoms with E-state index in [4.69, 9.17) is 5.73 Å². The predicted octanol–water partition coefficient (Wildman–Crippen LogP) is 2.63. The first-order valence-electron chi connectivity index (χ1n) is 7.90. The topological polar surface area (TPSA) is 109 Å². The van der Waals surface area contributed by atoms with Crippen molar-refractivity contribution in [1.29, 1.82) is 0 Å². The van der Waals surface area contributed by atoms with Gasteiger partial charge in [0.1, 0.15) is 5.00 Å². The van der Waals surface area contributed by atoms with Gasteiger partial charge in [0.05, 0.1) is 17.4 Å². The van der Waals surface area contributed by atoms with Crippen LogP contribution in [0.2, 0.25) is 0 Å². The maximum Gasteiger partial charge on any atom is 0.307 e. The lowest BCUT2D eigenvalue weighted by atomic mass is 9.79. The van der Waals surface area contributed by atoms with Crippen LogP contribution in [0.25, 0.3) is 0 Å². The van der Waals surface area contributed by atoms with Gasteiger partial charge >= 0.3 is 5.97 Å². The monoisotopic (exact) mass is 338 g/mol. The van der Waals surface area contributed by atoms with Crippen LogP contribution in [0.1, 0.15) is 54.3 Å². The lowest BCUT2D eigenvalue weighted by Crippen LogP contribution is -2.36. The number of primary amides is 1. The Morgan fingerprint density at radius 2 is 1.96 bits per heavy atom. The first-order chi connectivity index (χ1) is 10.9. The second kappa shape index (κ2) is 7.59. The molecule has 0 spiro atoms. The number of carboxylic acid groups (broad SMARTS) is 1. The number of thiophene rings is 1. The van der Waals surface area contributed by atoms with Crippen LogP contribution in [-0.4, -0.2) is 22.9 Å². The zero-order valence-corrected chi connectivity index (χ0v) is 13.9. The highest BCUT2D eigenvalue weighted by atomic mass is 32.1. The fourth-order valence-corrected chi connectivity index (χ4v) is 4.20. The van der Waals surface area contributed by atoms with Crippen molar-refractivity contribution < 1.29 is 19.5 Å². The molecule has 4 N–H and O–H groups in total. The number of anilines is 1. The van der Waals surface area contributed by atoms with Crippen molar-refractivity contribution in [3.05, 3.63) is 16.5 Å². The molecule has 0 bridgehead atoms. The number of aliphatic carboxylic acids is 1. The summed E-state index contributed by atoms with van der Waals surface area (Å²) in [6.45, 7) is 2.03. The minimum atomic E-state index is -0.933. The van der Waals surface area contributed by atoms with Crippen LogP contribution in [0.3, 0.4) is 0 Å². The van der Waals surface area contributed by atoms with E-state index in [1.165, 1.54) is 11.3 Å². The molecule has 126 valence electrons. The van der Waals surface area contributed by atoms with E-state index < -0.39 is 23.7 Å². The van der Waals surface area contributed by atoms with Gasteiger partial charge in [-0.05, 0) is 25.3 Å². The molecule has 2 amide bonds. The number of nitrogens with one attached hydrogen (secondary N) is 1. The molecule has 2 rings (SSSR count). The van der Waals surface area contributed by atoms with Crippen LogP contribution in [0.4, 0.5) is 5.00 Å². The summed E-state index contributed by atoms with van der Waals surface area (Å²) in [5, 5.41) is 12.5. The molecule has 1 saturated carbocycles. The molecule has 1 heterocycles. The average Bonchev–Trinajstić information content (AvgIpc) is 2.90. The van der Waals surface area contributed by atoms with Gasteiger partial charge in [0, 0.05) is 4.88 Å². The van der Waals surface area contributed by atoms with E-state index in [1.807, 2.05) is 6.92 Å². The quantitative estimate of drug-likeness (QED) is 0.740. The van der Waals surface area contributed by atoms with E-state index in [1.54, 1.807) is 6.07 Å². The van der Waals surface area contributed by atoms with Gasteiger partial charge < -0.3 is 16.2 Å². The van der Waals surface area contributed by atoms with Crippen LogP contribution < -0.4 is 11.1 Å². The molecule has 1 aliphatic carbocycles. The van der Waals surface area contributed by atoms with Crippen molar-refractivity contribution in [3.63, 3.8) is 0 Å². The molecule has 0 aliphatic heterocycles. The Morgan fingerprint density at radius 3 is 2.52 bits per heavy atom. The van der Waals surface area contributed by atoms with Gasteiger partial charge in [0.2, 0.25) is 5.91 Å². The number of hydrogen-bond acceptors (Lipinski definition) is 4. The molecule has 6 nitrogen and oxygen atoms in total. The predicted molar refractivity (Wildman–Crippen MR) is 88.5 cm³/mol. The third kappa shape index (κ3) is 4.10. The fraction of sp³-hybridized carbons (Fsp3) is 0.562. The molecular weight excluding hydrogens is 316 g/mol. The molecule has 23 heavy (non-hydrogen) atoms. The summed E-state index contributed by atoms with van der Waals surface area (Å²) in [4.78, 5) is 36.4. The van der Waals surface area contributed by atoms with E-state index in [-0.39, 0.29) is 5.91 Å². The van der Waals surface area contributed by atoms with Gasteiger partial charge in [0.25, 0.3) is 5.91 Å². The van der Waals surface area contributed by atoms with Crippen LogP contribution in [-0.2, 0) is 16.0 Å². The number of carbonyl (C=O) groups excluding carboxylic acids is 2. The Morgan fingerprint density at radius 1 is 1.30 bits per heavy atom. The van der Waals surface area contributed by atoms with E-state index in [2.05, 4.69) is 5.32 Å². The zero-order chi connectivity index (χ0) is 17.0. The SMILES string of the molecule is CCCc1cc(C(N)=O)c(NC(=O)[C@H]2CCCC[C@@H]2C(=O)O)s1. The largest absolute Gasteiger partial charge is 0.481 e. The normalized spacial score (nSPS) is 20.9. The molecule has 0 unspecified atom stereocenters. The molecule has 1 fully saturated rings. The molecule has 2 atom stereocenters. The molecule has 1 aromatic rings. The summed E-state index contributed by atoms with van der Waals surface area (Å²) in [6, 6.07) is 1.71. The lowest BCUT2D eigenvalue weighted by Gasteiger charge is -2.27. The summed E-state index contributed by atoms with van der Waals surface area (Å²) in [5.74, 6) is -3.06. The maximum absolute atomic E-state index is 12.5. The van der Waals surface area contributed by atoms with E-state index in [9.17, 15) is 19.5 Å². The number of rotatable bonds is 6. The summed E-state index contributed by atoms with van der Waals surface area (Å²) < 4.78 is 0. The molecule has 0 radical (unpaired) electrons. The zero-order valence-electron chi connectivity index (χ0n) is 13.1. The minimum absolute atomic E-state index is 0.300. The van der Waals surface area contributed by atoms with Crippen molar-refractivity contribution in [2.75, 3.05) is 5.32 Å². The second-order valence-electron chi connectivity index (χ2n) is 5.89. The Labute approximate surface area is 139 Å². The van der Waals surface area contributed by atoms with E-state index >= 15 is 0 Å². The van der Waals surface area contributed by atoms with Crippen molar-refractivity contribution in [2.45, 2.75) is 45.4 Å². The molecule has 1 aromatic heterocycles. The summed E-state index contributed by atoms with van der Waals surface area (Å²) in [6.07, 6.45) is 4.48. The van der Waals surface area contributed by atoms with Gasteiger partial charge in [-0.2, -0.15) is 0 Å². The first kappa shape index (κ1) is 17.5. The van der Waals surface area contributed by atoms with Crippen molar-refractivity contribution in [2.24, 2.45) is 17.6 Å². The lowest BCUT2D eigenvalue weighted by molar-refractivity contribution is -0.147. The van der Waals surface area contributed by atoms with Gasteiger partial charge in [-0.3, -0.25) is 14.4 Å². The Hall–Kier alpha value is -1.89. The smallest absolute Gasteiger partial charge is 0.307 e. The number of nitrogens with two attached hydrogens (primary N) is 1. The molecule has 0 aromatic carbocycles. The van der Waals surface area contributed by atoms with Gasteiger partial charge in [0.15, 0.2) is 0 Å². The summed E-state index contributed by atoms with van der Waals surface area (Å²) in [7, 11) is 0. The molecule has 1 aliphatic rings. The molecular formula is C16H22N2O4S. The number of hydrogen-bond donors (Lipinski definition) is 3. The third-order valence-electron chi connectivity index (χ3n) is 4.20. The number of aryl methyl sites for hydroxylation is 1. The van der Waals surface area contributed by atoms with Gasteiger partial charge in [-0.25, -0.2) is 0 Å². The number of carboxylic acids is 1. The van der Waals surface area contributed by atoms with Crippen molar-refractivity contribution >= 4 is 34.1 Å². The minimum Gasteiger partial charge on any atom is -0.481 e.